The minimum absolute atomic E-state index is 0.244. The van der Waals surface area contributed by atoms with Crippen molar-refractivity contribution in [2.75, 3.05) is 7.11 Å². The molecule has 0 unspecified atom stereocenters. The van der Waals surface area contributed by atoms with Crippen LogP contribution >= 0.6 is 0 Å². The Kier molecular flexibility index (Phi) is 5.56. The molecule has 6 heteroatoms. The average Bonchev–Trinajstić information content (AvgIpc) is 2.20. The van der Waals surface area contributed by atoms with Crippen LogP contribution in [0.3, 0.4) is 0 Å². The van der Waals surface area contributed by atoms with Crippen LogP contribution in [0.4, 0.5) is 4.79 Å². The smallest absolute Gasteiger partial charge is 0.439 e. The fraction of sp³-hybridized carbons (Fsp3) is 0.692. The highest BCUT2D eigenvalue weighted by atomic mass is 16.7. The molecule has 1 amide bonds. The van der Waals surface area contributed by atoms with Gasteiger partial charge >= 0.3 is 12.1 Å². The van der Waals surface area contributed by atoms with E-state index in [1.807, 2.05) is 0 Å². The second-order valence-corrected chi connectivity index (χ2v) is 5.92. The molecule has 0 heterocycles. The first-order valence-corrected chi connectivity index (χ1v) is 5.87. The molecule has 0 aliphatic heterocycles. The van der Waals surface area contributed by atoms with Crippen molar-refractivity contribution in [3.63, 3.8) is 0 Å². The number of carbonyl (C=O) groups excluding carboxylic acids is 2. The van der Waals surface area contributed by atoms with Crippen molar-refractivity contribution >= 4 is 12.1 Å². The third-order valence-corrected chi connectivity index (χ3v) is 1.59. The van der Waals surface area contributed by atoms with Gasteiger partial charge in [0.1, 0.15) is 5.60 Å². The minimum atomic E-state index is -0.821. The van der Waals surface area contributed by atoms with Gasteiger partial charge in [0.05, 0.1) is 12.7 Å². The molecule has 0 aromatic carbocycles. The van der Waals surface area contributed by atoms with E-state index in [2.05, 4.69) is 11.3 Å². The summed E-state index contributed by atoms with van der Waals surface area (Å²) in [5.74, 6) is -0.768. The monoisotopic (exact) mass is 273 g/mol. The van der Waals surface area contributed by atoms with E-state index < -0.39 is 23.3 Å². The Bertz CT molecular complexity index is 362. The van der Waals surface area contributed by atoms with Gasteiger partial charge in [0.2, 0.25) is 0 Å². The lowest BCUT2D eigenvalue weighted by atomic mass is 10.2. The molecule has 19 heavy (non-hydrogen) atoms. The van der Waals surface area contributed by atoms with E-state index in [1.54, 1.807) is 41.5 Å². The van der Waals surface area contributed by atoms with Gasteiger partial charge in [-0.05, 0) is 41.5 Å². The van der Waals surface area contributed by atoms with Crippen LogP contribution in [0.25, 0.3) is 0 Å². The van der Waals surface area contributed by atoms with Gasteiger partial charge in [-0.15, -0.1) is 5.06 Å². The highest BCUT2D eigenvalue weighted by molar-refractivity contribution is 5.91. The third-order valence-electron chi connectivity index (χ3n) is 1.59. The third kappa shape index (κ3) is 6.81. The molecular formula is C13H23NO5. The molecule has 0 N–H and O–H groups in total. The molecule has 0 atom stereocenters. The molecule has 0 aromatic rings. The Balaban J connectivity index is 5.12. The highest BCUT2D eigenvalue weighted by Crippen LogP contribution is 2.19. The van der Waals surface area contributed by atoms with E-state index in [1.165, 1.54) is 7.11 Å². The number of hydroxylamine groups is 2. The van der Waals surface area contributed by atoms with Crippen molar-refractivity contribution in [2.45, 2.75) is 52.7 Å². The summed E-state index contributed by atoms with van der Waals surface area (Å²) in [6.45, 7) is 13.8. The molecule has 0 spiro atoms. The van der Waals surface area contributed by atoms with Crippen LogP contribution in [0, 0.1) is 0 Å². The number of hydrogen-bond donors (Lipinski definition) is 0. The quantitative estimate of drug-likeness (QED) is 0.449. The number of rotatable bonds is 3. The number of nitrogens with zero attached hydrogens (tertiary/aromatic N) is 1. The van der Waals surface area contributed by atoms with Gasteiger partial charge in [0.25, 0.3) is 0 Å². The lowest BCUT2D eigenvalue weighted by Gasteiger charge is -2.31. The van der Waals surface area contributed by atoms with Gasteiger partial charge in [-0.3, -0.25) is 4.84 Å². The summed E-state index contributed by atoms with van der Waals surface area (Å²) in [4.78, 5) is 28.9. The maximum Gasteiger partial charge on any atom is 0.439 e. The van der Waals surface area contributed by atoms with Crippen molar-refractivity contribution in [2.24, 2.45) is 0 Å². The van der Waals surface area contributed by atoms with Gasteiger partial charge in [-0.2, -0.15) is 0 Å². The lowest BCUT2D eigenvalue weighted by molar-refractivity contribution is -0.197. The second-order valence-electron chi connectivity index (χ2n) is 5.92. The SMILES string of the molecule is C=C(C(=O)OC)N(OC(C)(C)C)C(=O)OC(C)(C)C. The molecule has 0 aliphatic rings. The number of methoxy groups -OCH3 is 1. The van der Waals surface area contributed by atoms with Crippen molar-refractivity contribution in [1.82, 2.24) is 5.06 Å². The first-order chi connectivity index (χ1) is 8.37. The van der Waals surface area contributed by atoms with E-state index in [-0.39, 0.29) is 5.70 Å². The van der Waals surface area contributed by atoms with Gasteiger partial charge in [0.15, 0.2) is 5.70 Å². The van der Waals surface area contributed by atoms with Crippen LogP contribution < -0.4 is 0 Å². The molecule has 0 saturated heterocycles. The summed E-state index contributed by atoms with van der Waals surface area (Å²) >= 11 is 0. The van der Waals surface area contributed by atoms with E-state index in [9.17, 15) is 9.59 Å². The van der Waals surface area contributed by atoms with Crippen molar-refractivity contribution in [1.29, 1.82) is 0 Å². The Morgan fingerprint density at radius 2 is 1.47 bits per heavy atom. The number of hydrogen-bond acceptors (Lipinski definition) is 5. The average molecular weight is 273 g/mol. The molecule has 0 saturated carbocycles. The lowest BCUT2D eigenvalue weighted by Crippen LogP contribution is -2.42. The molecule has 110 valence electrons. The van der Waals surface area contributed by atoms with Crippen LogP contribution in [-0.2, 0) is 19.1 Å². The van der Waals surface area contributed by atoms with E-state index in [4.69, 9.17) is 9.57 Å². The standard InChI is InChI=1S/C13H23NO5/c1-9(10(15)17-8)14(19-13(5,6)7)11(16)18-12(2,3)4/h1H2,2-8H3. The Hall–Kier alpha value is -1.56. The summed E-state index contributed by atoms with van der Waals surface area (Å²) in [6.07, 6.45) is -0.821. The first-order valence-electron chi connectivity index (χ1n) is 5.87. The topological polar surface area (TPSA) is 65.1 Å². The molecule has 0 aliphatic carbocycles. The number of ether oxygens (including phenoxy) is 2. The molecule has 0 rings (SSSR count). The van der Waals surface area contributed by atoms with Gasteiger partial charge in [-0.1, -0.05) is 6.58 Å². The fourth-order valence-electron chi connectivity index (χ4n) is 0.981. The maximum absolute atomic E-state index is 12.0. The zero-order valence-electron chi connectivity index (χ0n) is 12.7. The van der Waals surface area contributed by atoms with Crippen LogP contribution in [-0.4, -0.2) is 35.4 Å². The highest BCUT2D eigenvalue weighted by Gasteiger charge is 2.32. The van der Waals surface area contributed by atoms with Gasteiger partial charge in [0, 0.05) is 0 Å². The zero-order valence-corrected chi connectivity index (χ0v) is 12.7. The Morgan fingerprint density at radius 1 is 1.00 bits per heavy atom. The molecular weight excluding hydrogens is 250 g/mol. The van der Waals surface area contributed by atoms with Crippen molar-refractivity contribution in [3.05, 3.63) is 12.3 Å². The van der Waals surface area contributed by atoms with E-state index in [0.717, 1.165) is 5.06 Å². The van der Waals surface area contributed by atoms with Crippen LogP contribution in [0.2, 0.25) is 0 Å². The molecule has 0 aromatic heterocycles. The molecule has 0 radical (unpaired) electrons. The number of esters is 1. The summed E-state index contributed by atoms with van der Waals surface area (Å²) in [5.41, 5.74) is -1.66. The van der Waals surface area contributed by atoms with E-state index >= 15 is 0 Å². The molecule has 6 nitrogen and oxygen atoms in total. The van der Waals surface area contributed by atoms with Crippen LogP contribution in [0.5, 0.6) is 0 Å². The summed E-state index contributed by atoms with van der Waals surface area (Å²) in [7, 11) is 1.19. The molecule has 0 bridgehead atoms. The largest absolute Gasteiger partial charge is 0.464 e. The minimum Gasteiger partial charge on any atom is -0.464 e. The Morgan fingerprint density at radius 3 is 1.79 bits per heavy atom. The predicted molar refractivity (Wildman–Crippen MR) is 70.1 cm³/mol. The second kappa shape index (κ2) is 6.06. The number of amides is 1. The van der Waals surface area contributed by atoms with Crippen LogP contribution in [0.1, 0.15) is 41.5 Å². The molecule has 0 fully saturated rings. The number of carbonyl (C=O) groups is 2. The van der Waals surface area contributed by atoms with Gasteiger partial charge < -0.3 is 9.47 Å². The predicted octanol–water partition coefficient (Wildman–Crippen LogP) is 2.64. The van der Waals surface area contributed by atoms with Crippen molar-refractivity contribution in [3.8, 4) is 0 Å². The van der Waals surface area contributed by atoms with Crippen LogP contribution in [0.15, 0.2) is 12.3 Å². The Labute approximate surface area is 114 Å². The first kappa shape index (κ1) is 17.4. The van der Waals surface area contributed by atoms with Crippen molar-refractivity contribution < 1.29 is 23.9 Å². The van der Waals surface area contributed by atoms with Gasteiger partial charge in [-0.25, -0.2) is 9.59 Å². The summed E-state index contributed by atoms with van der Waals surface area (Å²) in [5, 5.41) is 0.719. The zero-order chi connectivity index (χ0) is 15.4. The maximum atomic E-state index is 12.0. The normalized spacial score (nSPS) is 11.7. The summed E-state index contributed by atoms with van der Waals surface area (Å²) in [6, 6.07) is 0. The van der Waals surface area contributed by atoms with E-state index in [0.29, 0.717) is 0 Å². The summed E-state index contributed by atoms with van der Waals surface area (Å²) < 4.78 is 9.67. The fourth-order valence-corrected chi connectivity index (χ4v) is 0.981.